The smallest absolute Gasteiger partial charge is 0.314 e. The van der Waals surface area contributed by atoms with E-state index >= 15 is 0 Å². The summed E-state index contributed by atoms with van der Waals surface area (Å²) in [6, 6.07) is 8.14. The highest BCUT2D eigenvalue weighted by Crippen LogP contribution is 2.39. The van der Waals surface area contributed by atoms with E-state index in [2.05, 4.69) is 6.58 Å². The molecule has 0 bridgehead atoms. The fourth-order valence-corrected chi connectivity index (χ4v) is 3.10. The highest BCUT2D eigenvalue weighted by molar-refractivity contribution is 5.79. The van der Waals surface area contributed by atoms with Gasteiger partial charge in [0.15, 0.2) is 0 Å². The highest BCUT2D eigenvalue weighted by Gasteiger charge is 2.34. The molecule has 0 aliphatic heterocycles. The van der Waals surface area contributed by atoms with E-state index < -0.39 is 5.60 Å². The summed E-state index contributed by atoms with van der Waals surface area (Å²) in [5, 5.41) is 0. The molecule has 0 amide bonds. The molecule has 2 rings (SSSR count). The van der Waals surface area contributed by atoms with Gasteiger partial charge in [0.1, 0.15) is 5.60 Å². The predicted octanol–water partition coefficient (Wildman–Crippen LogP) is 4.95. The molecular formula is C19H26O2. The fourth-order valence-electron chi connectivity index (χ4n) is 3.10. The molecule has 0 heterocycles. The van der Waals surface area contributed by atoms with Gasteiger partial charge >= 0.3 is 5.97 Å². The number of carbonyl (C=O) groups is 1. The zero-order chi connectivity index (χ0) is 15.5. The molecule has 1 aliphatic rings. The van der Waals surface area contributed by atoms with Crippen molar-refractivity contribution in [3.63, 3.8) is 0 Å². The van der Waals surface area contributed by atoms with E-state index in [1.807, 2.05) is 51.1 Å². The van der Waals surface area contributed by atoms with Crippen LogP contribution in [0.15, 0.2) is 30.8 Å². The van der Waals surface area contributed by atoms with Gasteiger partial charge in [0.2, 0.25) is 0 Å². The number of hydrogen-bond acceptors (Lipinski definition) is 2. The van der Waals surface area contributed by atoms with Crippen molar-refractivity contribution in [3.05, 3.63) is 42.0 Å². The average molecular weight is 286 g/mol. The molecule has 0 spiro atoms. The Morgan fingerprint density at radius 1 is 1.24 bits per heavy atom. The molecule has 0 radical (unpaired) electrons. The van der Waals surface area contributed by atoms with Crippen LogP contribution in [0.2, 0.25) is 0 Å². The summed E-state index contributed by atoms with van der Waals surface area (Å²) in [5.41, 5.74) is 1.71. The van der Waals surface area contributed by atoms with E-state index in [4.69, 9.17) is 4.74 Å². The minimum absolute atomic E-state index is 0.0826. The van der Waals surface area contributed by atoms with E-state index in [9.17, 15) is 4.79 Å². The van der Waals surface area contributed by atoms with Crippen molar-refractivity contribution in [2.75, 3.05) is 0 Å². The lowest BCUT2D eigenvalue weighted by molar-refractivity contribution is -0.158. The minimum Gasteiger partial charge on any atom is -0.459 e. The molecule has 0 N–H and O–H groups in total. The normalized spacial score (nSPS) is 17.5. The molecule has 1 saturated carbocycles. The van der Waals surface area contributed by atoms with Gasteiger partial charge in [0.25, 0.3) is 0 Å². The Morgan fingerprint density at radius 3 is 2.29 bits per heavy atom. The third-order valence-electron chi connectivity index (χ3n) is 4.06. The zero-order valence-electron chi connectivity index (χ0n) is 13.4. The van der Waals surface area contributed by atoms with Crippen LogP contribution in [0, 0.1) is 5.92 Å². The van der Waals surface area contributed by atoms with Crippen LogP contribution in [0.1, 0.15) is 63.5 Å². The topological polar surface area (TPSA) is 26.3 Å². The van der Waals surface area contributed by atoms with Crippen molar-refractivity contribution in [2.24, 2.45) is 5.92 Å². The van der Waals surface area contributed by atoms with Gasteiger partial charge in [-0.2, -0.15) is 0 Å². The summed E-state index contributed by atoms with van der Waals surface area (Å²) >= 11 is 0. The molecule has 1 aromatic rings. The number of rotatable bonds is 4. The lowest BCUT2D eigenvalue weighted by Crippen LogP contribution is -2.30. The van der Waals surface area contributed by atoms with Crippen LogP contribution in [0.3, 0.4) is 0 Å². The summed E-state index contributed by atoms with van der Waals surface area (Å²) in [6.45, 7) is 9.56. The number of ether oxygens (including phenoxy) is 1. The number of benzene rings is 1. The first kappa shape index (κ1) is 15.8. The molecule has 0 aromatic heterocycles. The maximum atomic E-state index is 12.7. The fraction of sp³-hybridized carbons (Fsp3) is 0.526. The Morgan fingerprint density at radius 2 is 1.81 bits per heavy atom. The van der Waals surface area contributed by atoms with Crippen LogP contribution in [0.4, 0.5) is 0 Å². The Bertz CT molecular complexity index is 487. The summed E-state index contributed by atoms with van der Waals surface area (Å²) in [7, 11) is 0. The van der Waals surface area contributed by atoms with Gasteiger partial charge in [0.05, 0.1) is 5.92 Å². The minimum atomic E-state index is -0.436. The van der Waals surface area contributed by atoms with E-state index in [1.54, 1.807) is 0 Å². The predicted molar refractivity (Wildman–Crippen MR) is 87.1 cm³/mol. The van der Waals surface area contributed by atoms with Gasteiger partial charge in [-0.1, -0.05) is 49.8 Å². The molecule has 0 saturated heterocycles. The van der Waals surface area contributed by atoms with Crippen LogP contribution in [0.5, 0.6) is 0 Å². The summed E-state index contributed by atoms with van der Waals surface area (Å²) in [6.07, 6.45) is 6.49. The summed E-state index contributed by atoms with van der Waals surface area (Å²) in [5.74, 6) is 0.195. The van der Waals surface area contributed by atoms with Gasteiger partial charge in [-0.25, -0.2) is 0 Å². The highest BCUT2D eigenvalue weighted by atomic mass is 16.6. The van der Waals surface area contributed by atoms with Crippen molar-refractivity contribution in [1.82, 2.24) is 0 Å². The third kappa shape index (κ3) is 4.20. The largest absolute Gasteiger partial charge is 0.459 e. The molecule has 2 nitrogen and oxygen atoms in total. The molecule has 114 valence electrons. The van der Waals surface area contributed by atoms with Crippen molar-refractivity contribution in [3.8, 4) is 0 Å². The van der Waals surface area contributed by atoms with Crippen molar-refractivity contribution in [1.29, 1.82) is 0 Å². The summed E-state index contributed by atoms with van der Waals surface area (Å²) in [4.78, 5) is 12.7. The van der Waals surface area contributed by atoms with Crippen LogP contribution in [-0.4, -0.2) is 11.6 Å². The van der Waals surface area contributed by atoms with Gasteiger partial charge in [-0.3, -0.25) is 4.79 Å². The Kier molecular flexibility index (Phi) is 4.87. The van der Waals surface area contributed by atoms with E-state index in [0.717, 1.165) is 24.0 Å². The quantitative estimate of drug-likeness (QED) is 0.732. The maximum Gasteiger partial charge on any atom is 0.314 e. The second kappa shape index (κ2) is 6.46. The molecule has 1 unspecified atom stereocenters. The Labute approximate surface area is 128 Å². The molecule has 21 heavy (non-hydrogen) atoms. The van der Waals surface area contributed by atoms with Gasteiger partial charge in [0, 0.05) is 0 Å². The summed E-state index contributed by atoms with van der Waals surface area (Å²) < 4.78 is 5.66. The van der Waals surface area contributed by atoms with Crippen LogP contribution in [-0.2, 0) is 9.53 Å². The van der Waals surface area contributed by atoms with Crippen LogP contribution in [0.25, 0.3) is 6.08 Å². The van der Waals surface area contributed by atoms with E-state index in [1.165, 1.54) is 12.8 Å². The lowest BCUT2D eigenvalue weighted by Gasteiger charge is -2.27. The second-order valence-electron chi connectivity index (χ2n) is 6.93. The molecule has 1 aromatic carbocycles. The van der Waals surface area contributed by atoms with Crippen LogP contribution >= 0.6 is 0 Å². The van der Waals surface area contributed by atoms with E-state index in [0.29, 0.717) is 5.92 Å². The SMILES string of the molecule is C=Cc1ccc(C(C(=O)OC(C)(C)C)C2CCCC2)cc1. The van der Waals surface area contributed by atoms with Crippen molar-refractivity contribution < 1.29 is 9.53 Å². The first-order valence-corrected chi connectivity index (χ1v) is 7.86. The molecular weight excluding hydrogens is 260 g/mol. The average Bonchev–Trinajstić information content (AvgIpc) is 2.91. The molecule has 1 aliphatic carbocycles. The molecule has 2 heteroatoms. The monoisotopic (exact) mass is 286 g/mol. The van der Waals surface area contributed by atoms with E-state index in [-0.39, 0.29) is 11.9 Å². The first-order valence-electron chi connectivity index (χ1n) is 7.86. The van der Waals surface area contributed by atoms with Gasteiger partial charge in [-0.05, 0) is 50.7 Å². The van der Waals surface area contributed by atoms with Crippen LogP contribution < -0.4 is 0 Å². The second-order valence-corrected chi connectivity index (χ2v) is 6.93. The first-order chi connectivity index (χ1) is 9.90. The Balaban J connectivity index is 2.26. The van der Waals surface area contributed by atoms with Gasteiger partial charge in [-0.15, -0.1) is 0 Å². The zero-order valence-corrected chi connectivity index (χ0v) is 13.4. The molecule has 1 fully saturated rings. The third-order valence-corrected chi connectivity index (χ3v) is 4.06. The van der Waals surface area contributed by atoms with Crippen molar-refractivity contribution in [2.45, 2.75) is 58.0 Å². The maximum absolute atomic E-state index is 12.7. The number of hydrogen-bond donors (Lipinski definition) is 0. The standard InChI is InChI=1S/C19H26O2/c1-5-14-10-12-16(13-11-14)17(15-8-6-7-9-15)18(20)21-19(2,3)4/h5,10-13,15,17H,1,6-9H2,2-4H3. The number of esters is 1. The molecule has 1 atom stereocenters. The van der Waals surface area contributed by atoms with Crippen molar-refractivity contribution >= 4 is 12.0 Å². The Hall–Kier alpha value is -1.57. The lowest BCUT2D eigenvalue weighted by atomic mass is 9.84. The van der Waals surface area contributed by atoms with Gasteiger partial charge < -0.3 is 4.74 Å². The number of carbonyl (C=O) groups excluding carboxylic acids is 1.